The normalized spacial score (nSPS) is 14.1. The van der Waals surface area contributed by atoms with Crippen LogP contribution in [0.2, 0.25) is 0 Å². The third-order valence-electron chi connectivity index (χ3n) is 5.26. The number of rotatable bonds is 6. The van der Waals surface area contributed by atoms with E-state index < -0.39 is 16.1 Å². The molecule has 7 heteroatoms. The van der Waals surface area contributed by atoms with E-state index in [-0.39, 0.29) is 10.8 Å². The van der Waals surface area contributed by atoms with Crippen molar-refractivity contribution in [2.45, 2.75) is 31.3 Å². The molecule has 1 aliphatic rings. The summed E-state index contributed by atoms with van der Waals surface area (Å²) in [6.45, 7) is 4.07. The predicted molar refractivity (Wildman–Crippen MR) is 121 cm³/mol. The Labute approximate surface area is 182 Å². The largest absolute Gasteiger partial charge is 0.481 e. The molecular weight excluding hydrogens is 412 g/mol. The zero-order valence-corrected chi connectivity index (χ0v) is 18.2. The van der Waals surface area contributed by atoms with Crippen molar-refractivity contribution in [3.63, 3.8) is 0 Å². The lowest BCUT2D eigenvalue weighted by atomic mass is 10.2. The van der Waals surface area contributed by atoms with Gasteiger partial charge in [0.2, 0.25) is 0 Å². The highest BCUT2D eigenvalue weighted by Crippen LogP contribution is 2.32. The van der Waals surface area contributed by atoms with Gasteiger partial charge in [0, 0.05) is 12.2 Å². The standard InChI is InChI=1S/C24H24N2O4S/c1-17-7-11-21(12-8-17)30-18(2)24(27)25-20-9-13-22(14-10-20)31(28,29)26-16-15-19-5-3-4-6-23(19)26/h3-14,18H,15-16H2,1-2H3,(H,25,27)/t18-/m0/s1. The first-order valence-electron chi connectivity index (χ1n) is 10.1. The number of hydrogen-bond donors (Lipinski definition) is 1. The molecule has 0 saturated carbocycles. The number of nitrogens with one attached hydrogen (secondary N) is 1. The molecule has 0 fully saturated rings. The van der Waals surface area contributed by atoms with Crippen LogP contribution >= 0.6 is 0 Å². The molecule has 1 aliphatic heterocycles. The molecule has 0 radical (unpaired) electrons. The minimum Gasteiger partial charge on any atom is -0.481 e. The fourth-order valence-corrected chi connectivity index (χ4v) is 5.02. The Hall–Kier alpha value is -3.32. The summed E-state index contributed by atoms with van der Waals surface area (Å²) >= 11 is 0. The number of aryl methyl sites for hydroxylation is 1. The average Bonchev–Trinajstić information content (AvgIpc) is 3.21. The van der Waals surface area contributed by atoms with Gasteiger partial charge in [-0.15, -0.1) is 0 Å². The molecule has 6 nitrogen and oxygen atoms in total. The molecule has 1 atom stereocenters. The van der Waals surface area contributed by atoms with E-state index in [2.05, 4.69) is 5.32 Å². The van der Waals surface area contributed by atoms with Crippen molar-refractivity contribution in [2.75, 3.05) is 16.2 Å². The molecule has 1 amide bonds. The van der Waals surface area contributed by atoms with Gasteiger partial charge in [0.1, 0.15) is 5.75 Å². The van der Waals surface area contributed by atoms with Gasteiger partial charge < -0.3 is 10.1 Å². The molecule has 0 saturated heterocycles. The van der Waals surface area contributed by atoms with Crippen molar-refractivity contribution < 1.29 is 17.9 Å². The van der Waals surface area contributed by atoms with Gasteiger partial charge in [0.25, 0.3) is 15.9 Å². The first kappa shape index (κ1) is 20.9. The Balaban J connectivity index is 1.43. The van der Waals surface area contributed by atoms with Crippen LogP contribution in [0.1, 0.15) is 18.1 Å². The summed E-state index contributed by atoms with van der Waals surface area (Å²) in [6, 6.07) is 21.2. The number of amides is 1. The van der Waals surface area contributed by atoms with Crippen molar-refractivity contribution in [2.24, 2.45) is 0 Å². The summed E-state index contributed by atoms with van der Waals surface area (Å²) in [5.74, 6) is 0.297. The summed E-state index contributed by atoms with van der Waals surface area (Å²) < 4.78 is 33.3. The van der Waals surface area contributed by atoms with E-state index >= 15 is 0 Å². The first-order chi connectivity index (χ1) is 14.8. The molecule has 160 valence electrons. The number of hydrogen-bond acceptors (Lipinski definition) is 4. The van der Waals surface area contributed by atoms with Crippen LogP contribution in [0.5, 0.6) is 5.75 Å². The van der Waals surface area contributed by atoms with Crippen LogP contribution in [0.25, 0.3) is 0 Å². The molecular formula is C24H24N2O4S. The van der Waals surface area contributed by atoms with Crippen LogP contribution in [-0.4, -0.2) is 27.0 Å². The van der Waals surface area contributed by atoms with E-state index in [0.29, 0.717) is 24.4 Å². The van der Waals surface area contributed by atoms with E-state index in [1.165, 1.54) is 16.4 Å². The smallest absolute Gasteiger partial charge is 0.265 e. The topological polar surface area (TPSA) is 75.7 Å². The number of para-hydroxylation sites is 1. The van der Waals surface area contributed by atoms with Gasteiger partial charge in [-0.2, -0.15) is 0 Å². The summed E-state index contributed by atoms with van der Waals surface area (Å²) in [6.07, 6.45) is -0.00481. The van der Waals surface area contributed by atoms with Gasteiger partial charge in [-0.25, -0.2) is 8.42 Å². The average molecular weight is 437 g/mol. The molecule has 0 bridgehead atoms. The van der Waals surface area contributed by atoms with Crippen molar-refractivity contribution in [3.8, 4) is 5.75 Å². The molecule has 0 aromatic heterocycles. The van der Waals surface area contributed by atoms with Crippen molar-refractivity contribution >= 4 is 27.3 Å². The van der Waals surface area contributed by atoms with Crippen LogP contribution in [-0.2, 0) is 21.2 Å². The van der Waals surface area contributed by atoms with Gasteiger partial charge in [-0.1, -0.05) is 35.9 Å². The van der Waals surface area contributed by atoms with E-state index in [1.807, 2.05) is 55.5 Å². The number of benzene rings is 3. The Bertz CT molecular complexity index is 1190. The first-order valence-corrected chi connectivity index (χ1v) is 11.5. The Morgan fingerprint density at radius 3 is 2.39 bits per heavy atom. The van der Waals surface area contributed by atoms with Gasteiger partial charge in [-0.05, 0) is 68.3 Å². The second-order valence-corrected chi connectivity index (χ2v) is 9.40. The maximum absolute atomic E-state index is 13.1. The fourth-order valence-electron chi connectivity index (χ4n) is 3.51. The number of fused-ring (bicyclic) bond motifs is 1. The second-order valence-electron chi connectivity index (χ2n) is 7.54. The van der Waals surface area contributed by atoms with Gasteiger partial charge in [0.05, 0.1) is 10.6 Å². The quantitative estimate of drug-likeness (QED) is 0.630. The number of carbonyl (C=O) groups excluding carboxylic acids is 1. The zero-order valence-electron chi connectivity index (χ0n) is 17.4. The second kappa shape index (κ2) is 8.43. The molecule has 0 unspecified atom stereocenters. The summed E-state index contributed by atoms with van der Waals surface area (Å²) in [4.78, 5) is 12.6. The van der Waals surface area contributed by atoms with Crippen molar-refractivity contribution in [3.05, 3.63) is 83.9 Å². The van der Waals surface area contributed by atoms with E-state index in [1.54, 1.807) is 19.1 Å². The fraction of sp³-hybridized carbons (Fsp3) is 0.208. The van der Waals surface area contributed by atoms with Crippen LogP contribution in [0.3, 0.4) is 0 Å². The molecule has 31 heavy (non-hydrogen) atoms. The lowest BCUT2D eigenvalue weighted by Gasteiger charge is -2.20. The summed E-state index contributed by atoms with van der Waals surface area (Å²) in [5, 5.41) is 2.76. The molecule has 4 rings (SSSR count). The highest BCUT2D eigenvalue weighted by molar-refractivity contribution is 7.92. The molecule has 1 heterocycles. The number of nitrogens with zero attached hydrogens (tertiary/aromatic N) is 1. The maximum Gasteiger partial charge on any atom is 0.265 e. The van der Waals surface area contributed by atoms with E-state index in [9.17, 15) is 13.2 Å². The maximum atomic E-state index is 13.1. The van der Waals surface area contributed by atoms with Crippen LogP contribution in [0.4, 0.5) is 11.4 Å². The monoisotopic (exact) mass is 436 g/mol. The number of carbonyl (C=O) groups is 1. The van der Waals surface area contributed by atoms with Gasteiger partial charge in [-0.3, -0.25) is 9.10 Å². The van der Waals surface area contributed by atoms with E-state index in [4.69, 9.17) is 4.74 Å². The highest BCUT2D eigenvalue weighted by Gasteiger charge is 2.30. The summed E-state index contributed by atoms with van der Waals surface area (Å²) in [5.41, 5.74) is 3.36. The number of sulfonamides is 1. The predicted octanol–water partition coefficient (Wildman–Crippen LogP) is 4.15. The van der Waals surface area contributed by atoms with Crippen molar-refractivity contribution in [1.82, 2.24) is 0 Å². The molecule has 0 spiro atoms. The number of anilines is 2. The van der Waals surface area contributed by atoms with E-state index in [0.717, 1.165) is 16.8 Å². The van der Waals surface area contributed by atoms with Crippen LogP contribution in [0, 0.1) is 6.92 Å². The lowest BCUT2D eigenvalue weighted by molar-refractivity contribution is -0.122. The Morgan fingerprint density at radius 1 is 1.00 bits per heavy atom. The Morgan fingerprint density at radius 2 is 1.68 bits per heavy atom. The molecule has 1 N–H and O–H groups in total. The Kier molecular flexibility index (Phi) is 5.69. The van der Waals surface area contributed by atoms with Gasteiger partial charge >= 0.3 is 0 Å². The summed E-state index contributed by atoms with van der Waals surface area (Å²) in [7, 11) is -3.66. The van der Waals surface area contributed by atoms with Crippen LogP contribution in [0.15, 0.2) is 77.7 Å². The highest BCUT2D eigenvalue weighted by atomic mass is 32.2. The zero-order chi connectivity index (χ0) is 22.0. The van der Waals surface area contributed by atoms with Crippen LogP contribution < -0.4 is 14.4 Å². The number of ether oxygens (including phenoxy) is 1. The molecule has 3 aromatic carbocycles. The third kappa shape index (κ3) is 4.41. The minimum absolute atomic E-state index is 0.186. The molecule has 3 aromatic rings. The lowest BCUT2D eigenvalue weighted by Crippen LogP contribution is -2.30. The SMILES string of the molecule is Cc1ccc(O[C@@H](C)C(=O)Nc2ccc(S(=O)(=O)N3CCc4ccccc43)cc2)cc1. The third-order valence-corrected chi connectivity index (χ3v) is 7.08. The minimum atomic E-state index is -3.66. The molecule has 0 aliphatic carbocycles. The van der Waals surface area contributed by atoms with Crippen molar-refractivity contribution in [1.29, 1.82) is 0 Å². The van der Waals surface area contributed by atoms with Gasteiger partial charge in [0.15, 0.2) is 6.10 Å².